The molecule has 0 aliphatic carbocycles. The molecule has 1 atom stereocenters. The zero-order valence-electron chi connectivity index (χ0n) is 14.9. The SMILES string of the molecule is CCCc1ccc(Cl)c(S(=O)(=O)N2CCCC(C(=O)NCCN)C2)c1.Cl. The first-order chi connectivity index (χ1) is 11.9. The van der Waals surface area contributed by atoms with Crippen LogP contribution in [0.25, 0.3) is 0 Å². The molecule has 0 bridgehead atoms. The number of nitrogens with two attached hydrogens (primary N) is 1. The number of piperidine rings is 1. The second kappa shape index (κ2) is 10.5. The summed E-state index contributed by atoms with van der Waals surface area (Å²) in [5, 5.41) is 2.96. The van der Waals surface area contributed by atoms with Crippen molar-refractivity contribution in [3.8, 4) is 0 Å². The molecule has 0 aromatic heterocycles. The van der Waals surface area contributed by atoms with Crippen molar-refractivity contribution in [1.29, 1.82) is 0 Å². The lowest BCUT2D eigenvalue weighted by atomic mass is 9.99. The summed E-state index contributed by atoms with van der Waals surface area (Å²) < 4.78 is 27.4. The van der Waals surface area contributed by atoms with E-state index in [9.17, 15) is 13.2 Å². The van der Waals surface area contributed by atoms with Crippen LogP contribution in [0.4, 0.5) is 0 Å². The smallest absolute Gasteiger partial charge is 0.244 e. The van der Waals surface area contributed by atoms with Crippen molar-refractivity contribution in [2.75, 3.05) is 26.2 Å². The Labute approximate surface area is 166 Å². The predicted molar refractivity (Wildman–Crippen MR) is 106 cm³/mol. The number of nitrogens with zero attached hydrogens (tertiary/aromatic N) is 1. The molecule has 1 unspecified atom stereocenters. The maximum atomic E-state index is 13.0. The molecule has 1 aliphatic rings. The second-order valence-corrected chi connectivity index (χ2v) is 8.61. The van der Waals surface area contributed by atoms with Crippen LogP contribution in [-0.4, -0.2) is 44.8 Å². The van der Waals surface area contributed by atoms with E-state index in [2.05, 4.69) is 5.32 Å². The Kier molecular flexibility index (Phi) is 9.33. The van der Waals surface area contributed by atoms with Gasteiger partial charge < -0.3 is 11.1 Å². The molecule has 9 heteroatoms. The Morgan fingerprint density at radius 1 is 1.42 bits per heavy atom. The summed E-state index contributed by atoms with van der Waals surface area (Å²) in [6.07, 6.45) is 3.04. The van der Waals surface area contributed by atoms with Gasteiger partial charge in [0.25, 0.3) is 0 Å². The second-order valence-electron chi connectivity index (χ2n) is 6.30. The van der Waals surface area contributed by atoms with E-state index in [4.69, 9.17) is 17.3 Å². The molecule has 1 saturated heterocycles. The molecule has 1 aromatic rings. The first-order valence-electron chi connectivity index (χ1n) is 8.66. The van der Waals surface area contributed by atoms with E-state index in [0.29, 0.717) is 32.5 Å². The topological polar surface area (TPSA) is 92.5 Å². The molecule has 3 N–H and O–H groups in total. The van der Waals surface area contributed by atoms with Crippen LogP contribution in [0.1, 0.15) is 31.7 Å². The van der Waals surface area contributed by atoms with Gasteiger partial charge in [-0.1, -0.05) is 31.0 Å². The van der Waals surface area contributed by atoms with Crippen LogP contribution >= 0.6 is 24.0 Å². The van der Waals surface area contributed by atoms with Crippen LogP contribution in [0.15, 0.2) is 23.1 Å². The van der Waals surface area contributed by atoms with Crippen molar-refractivity contribution in [2.24, 2.45) is 11.7 Å². The van der Waals surface area contributed by atoms with Crippen molar-refractivity contribution in [1.82, 2.24) is 9.62 Å². The molecule has 1 fully saturated rings. The van der Waals surface area contributed by atoms with E-state index in [1.165, 1.54) is 4.31 Å². The minimum absolute atomic E-state index is 0. The maximum Gasteiger partial charge on any atom is 0.244 e. The van der Waals surface area contributed by atoms with Crippen molar-refractivity contribution in [3.63, 3.8) is 0 Å². The largest absolute Gasteiger partial charge is 0.355 e. The van der Waals surface area contributed by atoms with Gasteiger partial charge >= 0.3 is 0 Å². The molecule has 0 saturated carbocycles. The third-order valence-electron chi connectivity index (χ3n) is 4.35. The number of carbonyl (C=O) groups is 1. The fraction of sp³-hybridized carbons (Fsp3) is 0.588. The highest BCUT2D eigenvalue weighted by Gasteiger charge is 2.34. The average Bonchev–Trinajstić information content (AvgIpc) is 2.61. The third kappa shape index (κ3) is 5.57. The van der Waals surface area contributed by atoms with Gasteiger partial charge in [0.1, 0.15) is 4.90 Å². The normalized spacial score (nSPS) is 18.2. The van der Waals surface area contributed by atoms with Crippen molar-refractivity contribution < 1.29 is 13.2 Å². The highest BCUT2D eigenvalue weighted by molar-refractivity contribution is 7.89. The van der Waals surface area contributed by atoms with Gasteiger partial charge in [-0.15, -0.1) is 12.4 Å². The van der Waals surface area contributed by atoms with Crippen molar-refractivity contribution >= 4 is 39.9 Å². The quantitative estimate of drug-likeness (QED) is 0.702. The van der Waals surface area contributed by atoms with Crippen LogP contribution in [0.5, 0.6) is 0 Å². The fourth-order valence-corrected chi connectivity index (χ4v) is 5.09. The molecule has 6 nitrogen and oxygen atoms in total. The Hall–Kier alpha value is -0.860. The monoisotopic (exact) mass is 423 g/mol. The number of amides is 1. The predicted octanol–water partition coefficient (Wildman–Crippen LogP) is 2.19. The van der Waals surface area contributed by atoms with Gasteiger partial charge in [0, 0.05) is 26.2 Å². The number of benzene rings is 1. The fourth-order valence-electron chi connectivity index (χ4n) is 3.04. The molecule has 148 valence electrons. The molecular formula is C17H27Cl2N3O3S. The summed E-state index contributed by atoms with van der Waals surface area (Å²) in [5.41, 5.74) is 6.34. The van der Waals surface area contributed by atoms with E-state index in [-0.39, 0.29) is 40.7 Å². The summed E-state index contributed by atoms with van der Waals surface area (Å²) in [5.74, 6) is -0.496. The summed E-state index contributed by atoms with van der Waals surface area (Å²) in [6.45, 7) is 3.37. The minimum atomic E-state index is -3.72. The van der Waals surface area contributed by atoms with E-state index in [1.807, 2.05) is 13.0 Å². The molecule has 1 aliphatic heterocycles. The molecule has 1 heterocycles. The van der Waals surface area contributed by atoms with Gasteiger partial charge in [0.05, 0.1) is 10.9 Å². The summed E-state index contributed by atoms with van der Waals surface area (Å²) in [4.78, 5) is 12.3. The Bertz CT molecular complexity index is 713. The van der Waals surface area contributed by atoms with E-state index in [1.54, 1.807) is 12.1 Å². The maximum absolute atomic E-state index is 13.0. The van der Waals surface area contributed by atoms with E-state index in [0.717, 1.165) is 18.4 Å². The highest BCUT2D eigenvalue weighted by Crippen LogP contribution is 2.29. The average molecular weight is 424 g/mol. The van der Waals surface area contributed by atoms with Crippen LogP contribution in [0, 0.1) is 5.92 Å². The zero-order valence-corrected chi connectivity index (χ0v) is 17.3. The number of aryl methyl sites for hydroxylation is 1. The van der Waals surface area contributed by atoms with Crippen LogP contribution in [0.2, 0.25) is 5.02 Å². The number of hydrogen-bond acceptors (Lipinski definition) is 4. The Morgan fingerprint density at radius 2 is 2.15 bits per heavy atom. The molecule has 26 heavy (non-hydrogen) atoms. The van der Waals surface area contributed by atoms with Gasteiger partial charge in [0.2, 0.25) is 15.9 Å². The van der Waals surface area contributed by atoms with Gasteiger partial charge in [-0.25, -0.2) is 8.42 Å². The van der Waals surface area contributed by atoms with E-state index < -0.39 is 10.0 Å². The Balaban J connectivity index is 0.00000338. The standard InChI is InChI=1S/C17H26ClN3O3S.ClH/c1-2-4-13-6-7-15(18)16(11-13)25(23,24)21-10-3-5-14(12-21)17(22)20-9-8-19;/h6-7,11,14H,2-5,8-10,12,19H2,1H3,(H,20,22);1H. The Morgan fingerprint density at radius 3 is 2.81 bits per heavy atom. The summed E-state index contributed by atoms with van der Waals surface area (Å²) >= 11 is 6.17. The number of hydrogen-bond donors (Lipinski definition) is 2. The zero-order chi connectivity index (χ0) is 18.4. The molecule has 1 aromatic carbocycles. The number of nitrogens with one attached hydrogen (secondary N) is 1. The van der Waals surface area contributed by atoms with Crippen LogP contribution in [-0.2, 0) is 21.2 Å². The molecular weight excluding hydrogens is 397 g/mol. The lowest BCUT2D eigenvalue weighted by Crippen LogP contribution is -2.46. The number of rotatable bonds is 7. The molecule has 2 rings (SSSR count). The van der Waals surface area contributed by atoms with E-state index >= 15 is 0 Å². The van der Waals surface area contributed by atoms with Crippen LogP contribution in [0.3, 0.4) is 0 Å². The van der Waals surface area contributed by atoms with Crippen LogP contribution < -0.4 is 11.1 Å². The third-order valence-corrected chi connectivity index (χ3v) is 6.70. The van der Waals surface area contributed by atoms with Gasteiger partial charge in [0.15, 0.2) is 0 Å². The highest BCUT2D eigenvalue weighted by atomic mass is 35.5. The number of halogens is 2. The number of carbonyl (C=O) groups excluding carboxylic acids is 1. The molecule has 0 radical (unpaired) electrons. The lowest BCUT2D eigenvalue weighted by Gasteiger charge is -2.31. The van der Waals surface area contributed by atoms with Gasteiger partial charge in [-0.05, 0) is 37.0 Å². The van der Waals surface area contributed by atoms with Crippen molar-refractivity contribution in [2.45, 2.75) is 37.5 Å². The van der Waals surface area contributed by atoms with Gasteiger partial charge in [-0.3, -0.25) is 4.79 Å². The first-order valence-corrected chi connectivity index (χ1v) is 10.5. The first kappa shape index (κ1) is 23.2. The van der Waals surface area contributed by atoms with Crippen molar-refractivity contribution in [3.05, 3.63) is 28.8 Å². The lowest BCUT2D eigenvalue weighted by molar-refractivity contribution is -0.126. The number of sulfonamides is 1. The van der Waals surface area contributed by atoms with Gasteiger partial charge in [-0.2, -0.15) is 4.31 Å². The molecule has 0 spiro atoms. The minimum Gasteiger partial charge on any atom is -0.355 e. The summed E-state index contributed by atoms with van der Waals surface area (Å²) in [6, 6.07) is 5.14. The molecule has 1 amide bonds. The summed E-state index contributed by atoms with van der Waals surface area (Å²) in [7, 11) is -3.72.